The third-order valence-electron chi connectivity index (χ3n) is 7.35. The number of likely N-dealkylation sites (tertiary alicyclic amines) is 1. The number of amides is 3. The zero-order chi connectivity index (χ0) is 25.9. The van der Waals surface area contributed by atoms with Crippen LogP contribution in [-0.2, 0) is 15.1 Å². The number of carbonyl (C=O) groups excluding carboxylic acids is 3. The first kappa shape index (κ1) is 24.5. The summed E-state index contributed by atoms with van der Waals surface area (Å²) >= 11 is 7.79. The van der Waals surface area contributed by atoms with Crippen LogP contribution >= 0.6 is 43.6 Å². The van der Waals surface area contributed by atoms with Crippen LogP contribution in [0.5, 0.6) is 0 Å². The number of rotatable bonds is 3. The molecule has 37 heavy (non-hydrogen) atoms. The lowest BCUT2D eigenvalue weighted by Gasteiger charge is -2.41. The summed E-state index contributed by atoms with van der Waals surface area (Å²) in [5.41, 5.74) is 1.56. The average molecular weight is 640 g/mol. The highest BCUT2D eigenvalue weighted by Gasteiger charge is 2.78. The van der Waals surface area contributed by atoms with Crippen LogP contribution in [0.2, 0.25) is 0 Å². The minimum Gasteiger partial charge on any atom is -0.324 e. The van der Waals surface area contributed by atoms with Gasteiger partial charge in [-0.1, -0.05) is 74.3 Å². The molecule has 2 spiro atoms. The maximum atomic E-state index is 14.5. The first-order chi connectivity index (χ1) is 17.8. The van der Waals surface area contributed by atoms with E-state index in [0.29, 0.717) is 17.8 Å². The van der Waals surface area contributed by atoms with Gasteiger partial charge in [0.25, 0.3) is 11.8 Å². The molecule has 6 rings (SSSR count). The van der Waals surface area contributed by atoms with Gasteiger partial charge in [0, 0.05) is 32.7 Å². The maximum Gasteiger partial charge on any atom is 0.310 e. The Morgan fingerprint density at radius 1 is 0.973 bits per heavy atom. The molecule has 3 atom stereocenters. The van der Waals surface area contributed by atoms with Crippen LogP contribution in [0.25, 0.3) is 0 Å². The van der Waals surface area contributed by atoms with Crippen LogP contribution in [-0.4, -0.2) is 51.5 Å². The monoisotopic (exact) mass is 638 g/mol. The van der Waals surface area contributed by atoms with Crippen molar-refractivity contribution in [1.82, 2.24) is 9.91 Å². The van der Waals surface area contributed by atoms with Crippen molar-refractivity contribution in [2.24, 2.45) is 5.10 Å². The Kier molecular flexibility index (Phi) is 5.91. The normalized spacial score (nSPS) is 27.2. The number of hydrogen-bond acceptors (Lipinski definition) is 6. The van der Waals surface area contributed by atoms with Crippen molar-refractivity contribution in [1.29, 1.82) is 0 Å². The van der Waals surface area contributed by atoms with Gasteiger partial charge in [-0.2, -0.15) is 10.1 Å². The summed E-state index contributed by atoms with van der Waals surface area (Å²) in [6, 6.07) is 22.5. The van der Waals surface area contributed by atoms with Crippen molar-refractivity contribution >= 4 is 72.6 Å². The summed E-state index contributed by atoms with van der Waals surface area (Å²) in [7, 11) is 1.84. The number of benzene rings is 3. The van der Waals surface area contributed by atoms with E-state index in [0.717, 1.165) is 36.8 Å². The van der Waals surface area contributed by atoms with E-state index in [1.54, 1.807) is 0 Å². The fourth-order valence-electron chi connectivity index (χ4n) is 5.79. The number of thioether (sulfide) groups is 1. The maximum absolute atomic E-state index is 14.5. The molecule has 0 radical (unpaired) electrons. The molecule has 3 aliphatic heterocycles. The standard InChI is InChI=1S/C27H20Br2N4O3S/c1-32-15-21(17-8-12-19(29)13-9-17)27(26(32)20-4-2-3-5-22(20)31-23(26)34)24(35)33(25(36)37-27)30-14-16-6-10-18(28)11-7-16/h2-14,21H,15H2,1H3,(H,31,34)/b30-14+. The lowest BCUT2D eigenvalue weighted by atomic mass is 9.72. The first-order valence-electron chi connectivity index (χ1n) is 11.5. The highest BCUT2D eigenvalue weighted by atomic mass is 79.9. The fraction of sp³-hybridized carbons (Fsp3) is 0.185. The Morgan fingerprint density at radius 2 is 1.62 bits per heavy atom. The Hall–Kier alpha value is -2.79. The van der Waals surface area contributed by atoms with Gasteiger partial charge in [-0.15, -0.1) is 0 Å². The molecule has 7 nitrogen and oxygen atoms in total. The highest BCUT2D eigenvalue weighted by Crippen LogP contribution is 2.65. The van der Waals surface area contributed by atoms with Crippen molar-refractivity contribution in [2.75, 3.05) is 18.9 Å². The van der Waals surface area contributed by atoms with E-state index >= 15 is 0 Å². The molecule has 1 N–H and O–H groups in total. The average Bonchev–Trinajstić information content (AvgIpc) is 3.43. The number of carbonyl (C=O) groups is 3. The molecular formula is C27H20Br2N4O3S. The molecule has 2 fully saturated rings. The third kappa shape index (κ3) is 3.42. The number of fused-ring (bicyclic) bond motifs is 3. The van der Waals surface area contributed by atoms with Crippen LogP contribution in [0.4, 0.5) is 10.5 Å². The quantitative estimate of drug-likeness (QED) is 0.380. The number of imide groups is 1. The molecule has 186 valence electrons. The van der Waals surface area contributed by atoms with Crippen molar-refractivity contribution in [3.63, 3.8) is 0 Å². The van der Waals surface area contributed by atoms with E-state index < -0.39 is 27.4 Å². The van der Waals surface area contributed by atoms with Crippen molar-refractivity contribution in [3.05, 3.63) is 98.4 Å². The van der Waals surface area contributed by atoms with Gasteiger partial charge >= 0.3 is 5.24 Å². The smallest absolute Gasteiger partial charge is 0.310 e. The van der Waals surface area contributed by atoms with Crippen LogP contribution < -0.4 is 5.32 Å². The van der Waals surface area contributed by atoms with E-state index in [1.165, 1.54) is 6.21 Å². The second kappa shape index (κ2) is 8.90. The van der Waals surface area contributed by atoms with Gasteiger partial charge in [-0.25, -0.2) is 0 Å². The molecule has 0 aliphatic carbocycles. The molecule has 3 unspecified atom stereocenters. The van der Waals surface area contributed by atoms with E-state index in [2.05, 4.69) is 42.3 Å². The molecule has 0 bridgehead atoms. The summed E-state index contributed by atoms with van der Waals surface area (Å²) in [5.74, 6) is -1.26. The number of likely N-dealkylation sites (N-methyl/N-ethyl adjacent to an activating group) is 1. The number of halogens is 2. The van der Waals surface area contributed by atoms with Gasteiger partial charge in [0.05, 0.1) is 6.21 Å². The Morgan fingerprint density at radius 3 is 2.32 bits per heavy atom. The Bertz CT molecular complexity index is 1480. The fourth-order valence-corrected chi connectivity index (χ4v) is 7.84. The minimum atomic E-state index is -1.46. The molecule has 3 heterocycles. The molecule has 2 saturated heterocycles. The topological polar surface area (TPSA) is 82.1 Å². The molecule has 10 heteroatoms. The van der Waals surface area contributed by atoms with Crippen LogP contribution in [0.3, 0.4) is 0 Å². The number of hydrogen-bond donors (Lipinski definition) is 1. The molecule has 0 aromatic heterocycles. The van der Waals surface area contributed by atoms with Gasteiger partial charge in [0.15, 0.2) is 5.54 Å². The number of nitrogens with zero attached hydrogens (tertiary/aromatic N) is 3. The van der Waals surface area contributed by atoms with Crippen LogP contribution in [0.1, 0.15) is 22.6 Å². The second-order valence-electron chi connectivity index (χ2n) is 9.21. The summed E-state index contributed by atoms with van der Waals surface area (Å²) in [5, 5.41) is 7.72. The summed E-state index contributed by atoms with van der Waals surface area (Å²) in [4.78, 5) is 43.8. The molecule has 3 aromatic carbocycles. The zero-order valence-corrected chi connectivity index (χ0v) is 23.5. The number of nitrogens with one attached hydrogen (secondary N) is 1. The molecular weight excluding hydrogens is 620 g/mol. The van der Waals surface area contributed by atoms with Gasteiger partial charge in [-0.05, 0) is 60.3 Å². The number of anilines is 1. The van der Waals surface area contributed by atoms with E-state index in [-0.39, 0.29) is 5.91 Å². The first-order valence-corrected chi connectivity index (χ1v) is 13.9. The Balaban J connectivity index is 1.53. The molecule has 3 amide bonds. The second-order valence-corrected chi connectivity index (χ2v) is 12.2. The number of hydrazone groups is 1. The minimum absolute atomic E-state index is 0.316. The molecule has 3 aromatic rings. The summed E-state index contributed by atoms with van der Waals surface area (Å²) < 4.78 is 0.352. The predicted octanol–water partition coefficient (Wildman–Crippen LogP) is 5.56. The Labute approximate surface area is 234 Å². The highest BCUT2D eigenvalue weighted by molar-refractivity contribution is 9.10. The summed E-state index contributed by atoms with van der Waals surface area (Å²) in [6.45, 7) is 0.402. The molecule has 0 saturated carbocycles. The van der Waals surface area contributed by atoms with Gasteiger partial charge in [0.1, 0.15) is 4.75 Å². The van der Waals surface area contributed by atoms with Crippen molar-refractivity contribution in [3.8, 4) is 0 Å². The summed E-state index contributed by atoms with van der Waals surface area (Å²) in [6.07, 6.45) is 1.49. The number of para-hydroxylation sites is 1. The molecule has 3 aliphatic rings. The lowest BCUT2D eigenvalue weighted by molar-refractivity contribution is -0.138. The largest absolute Gasteiger partial charge is 0.324 e. The predicted molar refractivity (Wildman–Crippen MR) is 151 cm³/mol. The van der Waals surface area contributed by atoms with Crippen LogP contribution in [0.15, 0.2) is 86.8 Å². The van der Waals surface area contributed by atoms with Crippen LogP contribution in [0, 0.1) is 0 Å². The van der Waals surface area contributed by atoms with Crippen molar-refractivity contribution in [2.45, 2.75) is 16.2 Å². The van der Waals surface area contributed by atoms with Gasteiger partial charge in [-0.3, -0.25) is 19.3 Å². The van der Waals surface area contributed by atoms with Gasteiger partial charge in [0.2, 0.25) is 0 Å². The lowest BCUT2D eigenvalue weighted by Crippen LogP contribution is -2.61. The van der Waals surface area contributed by atoms with E-state index in [1.807, 2.05) is 84.7 Å². The van der Waals surface area contributed by atoms with Crippen molar-refractivity contribution < 1.29 is 14.4 Å². The van der Waals surface area contributed by atoms with E-state index in [4.69, 9.17) is 0 Å². The van der Waals surface area contributed by atoms with E-state index in [9.17, 15) is 14.4 Å². The van der Waals surface area contributed by atoms with Gasteiger partial charge < -0.3 is 5.32 Å². The third-order valence-corrected chi connectivity index (χ3v) is 9.83. The SMILES string of the molecule is CN1CC(c2ccc(Br)cc2)C2(SC(=O)N(/N=C/c3ccc(Br)cc3)C2=O)C12C(=O)Nc1ccccc12. The zero-order valence-electron chi connectivity index (χ0n) is 19.5.